The van der Waals surface area contributed by atoms with Gasteiger partial charge in [0.1, 0.15) is 0 Å². The third kappa shape index (κ3) is 2.85. The lowest BCUT2D eigenvalue weighted by Gasteiger charge is -2.54. The number of nitrogens with one attached hydrogen (secondary N) is 1. The Labute approximate surface area is 108 Å². The molecule has 1 saturated heterocycles. The molecule has 102 valence electrons. The van der Waals surface area contributed by atoms with Crippen molar-refractivity contribution in [2.45, 2.75) is 77.8 Å². The predicted octanol–water partition coefficient (Wildman–Crippen LogP) is 3.42. The molecule has 0 aliphatic carbocycles. The summed E-state index contributed by atoms with van der Waals surface area (Å²) in [6.07, 6.45) is 6.28. The molecular weight excluding hydrogens is 208 g/mol. The van der Waals surface area contributed by atoms with Crippen LogP contribution < -0.4 is 5.32 Å². The largest absolute Gasteiger partial charge is 0.308 e. The van der Waals surface area contributed by atoms with Gasteiger partial charge in [0.15, 0.2) is 0 Å². The van der Waals surface area contributed by atoms with Gasteiger partial charge in [-0.2, -0.15) is 0 Å². The van der Waals surface area contributed by atoms with Crippen molar-refractivity contribution in [3.05, 3.63) is 0 Å². The Bertz CT molecular complexity index is 217. The molecule has 0 saturated carbocycles. The summed E-state index contributed by atoms with van der Waals surface area (Å²) in [6, 6.07) is 0. The Hall–Kier alpha value is -0.0800. The Balaban J connectivity index is 2.86. The van der Waals surface area contributed by atoms with Crippen molar-refractivity contribution in [1.82, 2.24) is 10.2 Å². The minimum absolute atomic E-state index is 0.364. The lowest BCUT2D eigenvalue weighted by atomic mass is 9.80. The first-order valence-corrected chi connectivity index (χ1v) is 7.62. The van der Waals surface area contributed by atoms with Crippen molar-refractivity contribution >= 4 is 0 Å². The molecule has 0 amide bonds. The first-order chi connectivity index (χ1) is 8.12. The van der Waals surface area contributed by atoms with E-state index in [-0.39, 0.29) is 0 Å². The van der Waals surface area contributed by atoms with Crippen LogP contribution in [0.5, 0.6) is 0 Å². The quantitative estimate of drug-likeness (QED) is 0.765. The minimum Gasteiger partial charge on any atom is -0.308 e. The minimum atomic E-state index is 0.364. The molecule has 1 fully saturated rings. The topological polar surface area (TPSA) is 15.3 Å². The van der Waals surface area contributed by atoms with Gasteiger partial charge in [-0.3, -0.25) is 4.90 Å². The predicted molar refractivity (Wildman–Crippen MR) is 76.5 cm³/mol. The molecule has 0 atom stereocenters. The van der Waals surface area contributed by atoms with E-state index >= 15 is 0 Å². The molecule has 0 aromatic rings. The summed E-state index contributed by atoms with van der Waals surface area (Å²) in [5.74, 6) is 0. The molecule has 17 heavy (non-hydrogen) atoms. The van der Waals surface area contributed by atoms with E-state index in [1.807, 2.05) is 0 Å². The van der Waals surface area contributed by atoms with Crippen LogP contribution in [-0.4, -0.2) is 35.6 Å². The monoisotopic (exact) mass is 240 g/mol. The smallest absolute Gasteiger partial charge is 0.0329 e. The second-order valence-electron chi connectivity index (χ2n) is 5.69. The van der Waals surface area contributed by atoms with Crippen molar-refractivity contribution in [2.24, 2.45) is 0 Å². The van der Waals surface area contributed by atoms with Gasteiger partial charge in [0.2, 0.25) is 0 Å². The van der Waals surface area contributed by atoms with Gasteiger partial charge < -0.3 is 5.32 Å². The van der Waals surface area contributed by atoms with Crippen LogP contribution in [0.1, 0.15) is 66.7 Å². The van der Waals surface area contributed by atoms with Crippen LogP contribution in [0.4, 0.5) is 0 Å². The second kappa shape index (κ2) is 6.19. The maximum absolute atomic E-state index is 3.87. The third-order valence-corrected chi connectivity index (χ3v) is 5.12. The van der Waals surface area contributed by atoms with E-state index in [1.54, 1.807) is 0 Å². The molecule has 1 heterocycles. The van der Waals surface area contributed by atoms with Crippen LogP contribution in [0.3, 0.4) is 0 Å². The molecular formula is C15H32N2. The van der Waals surface area contributed by atoms with Crippen LogP contribution in [0, 0.1) is 0 Å². The van der Waals surface area contributed by atoms with Crippen LogP contribution >= 0.6 is 0 Å². The molecule has 0 spiro atoms. The average molecular weight is 240 g/mol. The molecule has 0 unspecified atom stereocenters. The maximum atomic E-state index is 3.87. The van der Waals surface area contributed by atoms with Crippen LogP contribution in [-0.2, 0) is 0 Å². The van der Waals surface area contributed by atoms with E-state index in [0.29, 0.717) is 11.1 Å². The highest BCUT2D eigenvalue weighted by Crippen LogP contribution is 2.32. The lowest BCUT2D eigenvalue weighted by molar-refractivity contribution is -0.00460. The number of nitrogens with zero attached hydrogens (tertiary/aromatic N) is 1. The number of rotatable bonds is 6. The van der Waals surface area contributed by atoms with Crippen LogP contribution in [0.25, 0.3) is 0 Å². The Morgan fingerprint density at radius 1 is 0.941 bits per heavy atom. The van der Waals surface area contributed by atoms with Gasteiger partial charge in [-0.15, -0.1) is 0 Å². The van der Waals surface area contributed by atoms with E-state index < -0.39 is 0 Å². The maximum Gasteiger partial charge on any atom is 0.0329 e. The highest BCUT2D eigenvalue weighted by atomic mass is 15.3. The summed E-state index contributed by atoms with van der Waals surface area (Å²) < 4.78 is 0. The molecule has 1 aliphatic heterocycles. The van der Waals surface area contributed by atoms with Gasteiger partial charge in [0, 0.05) is 24.2 Å². The van der Waals surface area contributed by atoms with E-state index in [0.717, 1.165) is 0 Å². The molecule has 2 nitrogen and oxygen atoms in total. The van der Waals surface area contributed by atoms with Gasteiger partial charge in [-0.25, -0.2) is 0 Å². The zero-order chi connectivity index (χ0) is 12.9. The molecule has 0 radical (unpaired) electrons. The van der Waals surface area contributed by atoms with Crippen molar-refractivity contribution < 1.29 is 0 Å². The fraction of sp³-hybridized carbons (Fsp3) is 1.00. The summed E-state index contributed by atoms with van der Waals surface area (Å²) in [5.41, 5.74) is 0.771. The Morgan fingerprint density at radius 2 is 1.53 bits per heavy atom. The summed E-state index contributed by atoms with van der Waals surface area (Å²) in [4.78, 5) is 2.77. The number of hydrogen-bond acceptors (Lipinski definition) is 2. The molecule has 0 aromatic heterocycles. The van der Waals surface area contributed by atoms with Crippen LogP contribution in [0.15, 0.2) is 0 Å². The molecule has 1 rings (SSSR count). The molecule has 0 bridgehead atoms. The average Bonchev–Trinajstić information content (AvgIpc) is 2.39. The van der Waals surface area contributed by atoms with E-state index in [9.17, 15) is 0 Å². The van der Waals surface area contributed by atoms with Crippen molar-refractivity contribution in [3.63, 3.8) is 0 Å². The SMILES string of the molecule is CCCN1CC(CC)(CC)NCC1(CC)CC. The number of hydrogen-bond donors (Lipinski definition) is 1. The molecule has 1 N–H and O–H groups in total. The van der Waals surface area contributed by atoms with Gasteiger partial charge in [0.25, 0.3) is 0 Å². The second-order valence-corrected chi connectivity index (χ2v) is 5.69. The summed E-state index contributed by atoms with van der Waals surface area (Å²) >= 11 is 0. The fourth-order valence-corrected chi connectivity index (χ4v) is 3.31. The highest BCUT2D eigenvalue weighted by Gasteiger charge is 2.43. The Kier molecular flexibility index (Phi) is 5.46. The number of piperazine rings is 1. The highest BCUT2D eigenvalue weighted by molar-refractivity contribution is 5.03. The Morgan fingerprint density at radius 3 is 1.94 bits per heavy atom. The normalized spacial score (nSPS) is 23.8. The van der Waals surface area contributed by atoms with Crippen molar-refractivity contribution in [2.75, 3.05) is 19.6 Å². The summed E-state index contributed by atoms with van der Waals surface area (Å²) in [6.45, 7) is 15.3. The summed E-state index contributed by atoms with van der Waals surface area (Å²) in [5, 5.41) is 3.87. The standard InChI is InChI=1S/C15H32N2/c1-6-11-17-13-14(7-2,8-3)16-12-15(17,9-4)10-5/h16H,6-13H2,1-5H3. The van der Waals surface area contributed by atoms with E-state index in [1.165, 1.54) is 51.7 Å². The summed E-state index contributed by atoms with van der Waals surface area (Å²) in [7, 11) is 0. The van der Waals surface area contributed by atoms with E-state index in [2.05, 4.69) is 44.8 Å². The van der Waals surface area contributed by atoms with Gasteiger partial charge in [-0.05, 0) is 38.6 Å². The first kappa shape index (κ1) is 15.0. The van der Waals surface area contributed by atoms with Crippen LogP contribution in [0.2, 0.25) is 0 Å². The zero-order valence-electron chi connectivity index (χ0n) is 12.6. The molecule has 2 heteroatoms. The van der Waals surface area contributed by atoms with Gasteiger partial charge in [0.05, 0.1) is 0 Å². The zero-order valence-corrected chi connectivity index (χ0v) is 12.6. The van der Waals surface area contributed by atoms with E-state index in [4.69, 9.17) is 0 Å². The molecule has 1 aliphatic rings. The first-order valence-electron chi connectivity index (χ1n) is 7.62. The van der Waals surface area contributed by atoms with Gasteiger partial charge >= 0.3 is 0 Å². The van der Waals surface area contributed by atoms with Gasteiger partial charge in [-0.1, -0.05) is 34.6 Å². The fourth-order valence-electron chi connectivity index (χ4n) is 3.31. The van der Waals surface area contributed by atoms with Crippen molar-refractivity contribution in [1.29, 1.82) is 0 Å². The lowest BCUT2D eigenvalue weighted by Crippen LogP contribution is -2.69. The third-order valence-electron chi connectivity index (χ3n) is 5.12. The molecule has 0 aromatic carbocycles. The van der Waals surface area contributed by atoms with Crippen molar-refractivity contribution in [3.8, 4) is 0 Å².